The van der Waals surface area contributed by atoms with Gasteiger partial charge in [0.05, 0.1) is 11.2 Å². The number of amides is 1. The lowest BCUT2D eigenvalue weighted by molar-refractivity contribution is -0.224. The maximum absolute atomic E-state index is 13.6. The largest absolute Gasteiger partial charge is 0.464 e. The predicted molar refractivity (Wildman–Crippen MR) is 132 cm³/mol. The minimum Gasteiger partial charge on any atom is -0.444 e. The Morgan fingerprint density at radius 1 is 1.06 bits per heavy atom. The number of ketones is 1. The van der Waals surface area contributed by atoms with Gasteiger partial charge in [-0.3, -0.25) is 4.90 Å². The summed E-state index contributed by atoms with van der Waals surface area (Å²) in [5.74, 6) is 0.191. The zero-order valence-corrected chi connectivity index (χ0v) is 22.1. The molecule has 186 valence electrons. The molecule has 1 atom stereocenters. The lowest BCUT2D eigenvalue weighted by atomic mass is 9.23. The molecule has 1 aromatic carbocycles. The number of hydrogen-bond donors (Lipinski definition) is 0. The van der Waals surface area contributed by atoms with E-state index in [2.05, 4.69) is 27.7 Å². The molecule has 1 amide bonds. The van der Waals surface area contributed by atoms with Crippen LogP contribution in [0.5, 0.6) is 0 Å². The summed E-state index contributed by atoms with van der Waals surface area (Å²) in [6.45, 7) is 16.0. The number of carbonyl (C=O) groups is 2. The van der Waals surface area contributed by atoms with Crippen molar-refractivity contribution in [2.45, 2.75) is 116 Å². The summed E-state index contributed by atoms with van der Waals surface area (Å²) in [6.07, 6.45) is 2.71. The molecule has 34 heavy (non-hydrogen) atoms. The Morgan fingerprint density at radius 3 is 2.12 bits per heavy atom. The van der Waals surface area contributed by atoms with E-state index in [1.807, 2.05) is 56.0 Å². The topological polar surface area (TPSA) is 65.1 Å². The van der Waals surface area contributed by atoms with Crippen LogP contribution >= 0.6 is 0 Å². The van der Waals surface area contributed by atoms with Gasteiger partial charge in [0.1, 0.15) is 11.4 Å². The van der Waals surface area contributed by atoms with Crippen LogP contribution < -0.4 is 0 Å². The minimum absolute atomic E-state index is 0.00312. The third kappa shape index (κ3) is 4.19. The monoisotopic (exact) mass is 469 g/mol. The fourth-order valence-electron chi connectivity index (χ4n) is 6.08. The van der Waals surface area contributed by atoms with Crippen LogP contribution in [0.4, 0.5) is 4.79 Å². The maximum atomic E-state index is 13.6. The number of nitrogens with zero attached hydrogens (tertiary/aromatic N) is 1. The van der Waals surface area contributed by atoms with Crippen LogP contribution in [0.2, 0.25) is 5.82 Å². The molecule has 1 unspecified atom stereocenters. The summed E-state index contributed by atoms with van der Waals surface area (Å²) in [4.78, 5) is 27.4. The Morgan fingerprint density at radius 2 is 1.62 bits per heavy atom. The van der Waals surface area contributed by atoms with Gasteiger partial charge in [-0.25, -0.2) is 4.79 Å². The standard InChI is InChI=1S/C27H40BNO5/c1-19(30)14-15-26-17-27(18-26,21(26)28-33-24(5,6)25(7,8)34-28)29(22(31)32-23(2,3)4)16-20-12-10-9-11-13-20/h9-13,21H,14-18H2,1-8H3. The SMILES string of the molecule is CC(=O)CCC12CC(N(Cc3ccccc3)C(=O)OC(C)(C)C)(C1)C2B1OC(C)(C)C(C)(C)O1. The van der Waals surface area contributed by atoms with Crippen molar-refractivity contribution in [2.75, 3.05) is 0 Å². The Kier molecular flexibility index (Phi) is 6.01. The van der Waals surface area contributed by atoms with Crippen LogP contribution in [0.15, 0.2) is 30.3 Å². The first-order valence-electron chi connectivity index (χ1n) is 12.5. The van der Waals surface area contributed by atoms with Gasteiger partial charge in [0.25, 0.3) is 0 Å². The third-order valence-electron chi connectivity index (χ3n) is 8.41. The average Bonchev–Trinajstić information content (AvgIpc) is 2.84. The van der Waals surface area contributed by atoms with Crippen LogP contribution in [0, 0.1) is 5.41 Å². The Labute approximate surface area is 204 Å². The van der Waals surface area contributed by atoms with Crippen LogP contribution in [0.1, 0.15) is 86.6 Å². The second-order valence-electron chi connectivity index (χ2n) is 12.7. The van der Waals surface area contributed by atoms with E-state index in [0.717, 1.165) is 24.8 Å². The maximum Gasteiger partial charge on any atom is 0.464 e. The van der Waals surface area contributed by atoms with Crippen molar-refractivity contribution in [2.24, 2.45) is 5.41 Å². The van der Waals surface area contributed by atoms with Crippen molar-refractivity contribution in [1.29, 1.82) is 0 Å². The highest BCUT2D eigenvalue weighted by Gasteiger charge is 2.82. The number of rotatable bonds is 7. The van der Waals surface area contributed by atoms with E-state index in [9.17, 15) is 9.59 Å². The highest BCUT2D eigenvalue weighted by atomic mass is 16.7. The van der Waals surface area contributed by atoms with Crippen molar-refractivity contribution < 1.29 is 23.6 Å². The highest BCUT2D eigenvalue weighted by Crippen LogP contribution is 2.81. The second kappa shape index (κ2) is 8.09. The Balaban J connectivity index is 1.68. The number of hydrogen-bond acceptors (Lipinski definition) is 5. The molecular formula is C27H40BNO5. The zero-order chi connectivity index (χ0) is 25.2. The fourth-order valence-corrected chi connectivity index (χ4v) is 6.08. The molecule has 1 aromatic rings. The van der Waals surface area contributed by atoms with Gasteiger partial charge in [-0.2, -0.15) is 0 Å². The summed E-state index contributed by atoms with van der Waals surface area (Å²) < 4.78 is 18.9. The van der Waals surface area contributed by atoms with Crippen LogP contribution in [0.25, 0.3) is 0 Å². The molecule has 4 fully saturated rings. The van der Waals surface area contributed by atoms with Gasteiger partial charge in [-0.05, 0) is 85.6 Å². The predicted octanol–water partition coefficient (Wildman–Crippen LogP) is 5.79. The molecule has 6 nitrogen and oxygen atoms in total. The summed E-state index contributed by atoms with van der Waals surface area (Å²) in [5, 5.41) is 0. The quantitative estimate of drug-likeness (QED) is 0.473. The molecule has 7 heteroatoms. The summed E-state index contributed by atoms with van der Waals surface area (Å²) in [7, 11) is -0.430. The summed E-state index contributed by atoms with van der Waals surface area (Å²) >= 11 is 0. The summed E-state index contributed by atoms with van der Waals surface area (Å²) in [5.41, 5.74) is -0.914. The van der Waals surface area contributed by atoms with Crippen molar-refractivity contribution in [3.05, 3.63) is 35.9 Å². The fraction of sp³-hybridized carbons (Fsp3) is 0.704. The van der Waals surface area contributed by atoms with Gasteiger partial charge in [-0.15, -0.1) is 0 Å². The van der Waals surface area contributed by atoms with Gasteiger partial charge >= 0.3 is 13.2 Å². The summed E-state index contributed by atoms with van der Waals surface area (Å²) in [6, 6.07) is 10.0. The molecule has 0 radical (unpaired) electrons. The molecular weight excluding hydrogens is 429 g/mol. The van der Waals surface area contributed by atoms with E-state index < -0.39 is 29.5 Å². The van der Waals surface area contributed by atoms with E-state index in [4.69, 9.17) is 14.0 Å². The first-order chi connectivity index (χ1) is 15.6. The van der Waals surface area contributed by atoms with Gasteiger partial charge in [0, 0.05) is 24.3 Å². The Hall–Kier alpha value is -1.86. The third-order valence-corrected chi connectivity index (χ3v) is 8.41. The van der Waals surface area contributed by atoms with Crippen molar-refractivity contribution in [3.63, 3.8) is 0 Å². The van der Waals surface area contributed by atoms with Gasteiger partial charge in [0.15, 0.2) is 0 Å². The van der Waals surface area contributed by atoms with Crippen LogP contribution in [-0.2, 0) is 25.4 Å². The van der Waals surface area contributed by atoms with E-state index in [1.54, 1.807) is 6.92 Å². The van der Waals surface area contributed by atoms with Crippen molar-refractivity contribution in [1.82, 2.24) is 4.90 Å². The normalized spacial score (nSPS) is 30.8. The number of ether oxygens (including phenoxy) is 1. The number of Topliss-reactive ketones (excluding diaryl/α,β-unsaturated/α-hetero) is 1. The average molecular weight is 469 g/mol. The van der Waals surface area contributed by atoms with E-state index in [1.165, 1.54) is 0 Å². The smallest absolute Gasteiger partial charge is 0.444 e. The number of carbonyl (C=O) groups excluding carboxylic acids is 2. The van der Waals surface area contributed by atoms with Gasteiger partial charge in [-0.1, -0.05) is 30.3 Å². The highest BCUT2D eigenvalue weighted by molar-refractivity contribution is 6.49. The molecule has 3 saturated carbocycles. The molecule has 0 N–H and O–H groups in total. The molecule has 1 saturated heterocycles. The molecule has 2 bridgehead atoms. The van der Waals surface area contributed by atoms with Crippen molar-refractivity contribution in [3.8, 4) is 0 Å². The van der Waals surface area contributed by atoms with E-state index in [-0.39, 0.29) is 23.1 Å². The Bertz CT molecular complexity index is 930. The van der Waals surface area contributed by atoms with E-state index in [0.29, 0.717) is 13.0 Å². The first-order valence-corrected chi connectivity index (χ1v) is 12.5. The second-order valence-corrected chi connectivity index (χ2v) is 12.7. The molecule has 4 aliphatic rings. The lowest BCUT2D eigenvalue weighted by Gasteiger charge is -2.79. The van der Waals surface area contributed by atoms with E-state index >= 15 is 0 Å². The molecule has 1 heterocycles. The molecule has 0 spiro atoms. The van der Waals surface area contributed by atoms with Crippen molar-refractivity contribution >= 4 is 19.0 Å². The van der Waals surface area contributed by atoms with Crippen LogP contribution in [-0.4, -0.2) is 46.2 Å². The molecule has 3 aliphatic carbocycles. The molecule has 5 rings (SSSR count). The zero-order valence-electron chi connectivity index (χ0n) is 22.1. The van der Waals surface area contributed by atoms with Gasteiger partial charge < -0.3 is 18.8 Å². The number of benzene rings is 1. The van der Waals surface area contributed by atoms with Gasteiger partial charge in [0.2, 0.25) is 0 Å². The van der Waals surface area contributed by atoms with Crippen LogP contribution in [0.3, 0.4) is 0 Å². The first kappa shape index (κ1) is 25.2. The molecule has 0 aromatic heterocycles. The lowest BCUT2D eigenvalue weighted by Crippen LogP contribution is -2.82. The molecule has 1 aliphatic heterocycles. The minimum atomic E-state index is -0.596.